The average molecular weight is 817 g/mol. The maximum atomic E-state index is 11.0. The Morgan fingerprint density at radius 1 is 0.358 bits per heavy atom. The minimum Gasteiger partial charge on any atom is -0.748 e. The van der Waals surface area contributed by atoms with Crippen LogP contribution in [0.3, 0.4) is 0 Å². The largest absolute Gasteiger partial charge is 1.00 e. The molecule has 0 atom stereocenters. The maximum absolute atomic E-state index is 11.0. The number of unbranched alkanes of at least 4 members (excludes halogenated alkanes) is 22. The van der Waals surface area contributed by atoms with E-state index in [-0.39, 0.29) is 98.4 Å². The van der Waals surface area contributed by atoms with Gasteiger partial charge in [-0.1, -0.05) is 155 Å². The molecule has 0 radical (unpaired) electrons. The third-order valence-electron chi connectivity index (χ3n) is 9.28. The fraction of sp³-hybridized carbons (Fsp3) is 1.00. The molecule has 0 aliphatic heterocycles. The number of rotatable bonds is 42. The van der Waals surface area contributed by atoms with Gasteiger partial charge < -0.3 is 28.1 Å². The molecule has 53 heavy (non-hydrogen) atoms. The van der Waals surface area contributed by atoms with E-state index in [9.17, 15) is 25.9 Å². The third-order valence-corrected chi connectivity index (χ3v) is 10.9. The van der Waals surface area contributed by atoms with Crippen LogP contribution in [0.5, 0.6) is 0 Å². The second kappa shape index (κ2) is 41.8. The molecule has 0 aliphatic rings. The molecular formula is C39H78Na2O10S2. The first-order valence-corrected chi connectivity index (χ1v) is 23.9. The number of hydrogen-bond donors (Lipinski definition) is 0. The van der Waals surface area contributed by atoms with Crippen molar-refractivity contribution in [2.75, 3.05) is 64.4 Å². The van der Waals surface area contributed by atoms with Crippen LogP contribution in [0.2, 0.25) is 0 Å². The van der Waals surface area contributed by atoms with E-state index >= 15 is 0 Å². The first-order valence-electron chi connectivity index (χ1n) is 20.7. The van der Waals surface area contributed by atoms with Gasteiger partial charge in [0, 0.05) is 37.9 Å². The normalized spacial score (nSPS) is 12.2. The van der Waals surface area contributed by atoms with Crippen LogP contribution in [0, 0.1) is 5.41 Å². The van der Waals surface area contributed by atoms with E-state index in [1.54, 1.807) is 0 Å². The second-order valence-corrected chi connectivity index (χ2v) is 17.8. The molecule has 0 unspecified atom stereocenters. The van der Waals surface area contributed by atoms with Crippen LogP contribution in [0.25, 0.3) is 0 Å². The van der Waals surface area contributed by atoms with Crippen molar-refractivity contribution >= 4 is 20.2 Å². The molecule has 0 spiro atoms. The summed E-state index contributed by atoms with van der Waals surface area (Å²) in [5.74, 6) is -0.990. The Morgan fingerprint density at radius 3 is 0.792 bits per heavy atom. The van der Waals surface area contributed by atoms with Gasteiger partial charge in [-0.3, -0.25) is 0 Å². The van der Waals surface area contributed by atoms with Gasteiger partial charge in [-0.25, -0.2) is 16.8 Å². The molecule has 0 aromatic rings. The quantitative estimate of drug-likeness (QED) is 0.0510. The first kappa shape index (κ1) is 59.0. The fourth-order valence-electron chi connectivity index (χ4n) is 6.17. The Kier molecular flexibility index (Phi) is 46.5. The summed E-state index contributed by atoms with van der Waals surface area (Å²) < 4.78 is 90.3. The Morgan fingerprint density at radius 2 is 0.566 bits per heavy atom. The van der Waals surface area contributed by atoms with Crippen molar-refractivity contribution in [2.45, 2.75) is 181 Å². The van der Waals surface area contributed by atoms with E-state index in [4.69, 9.17) is 18.9 Å². The molecule has 0 rings (SSSR count). The van der Waals surface area contributed by atoms with Crippen LogP contribution in [0.1, 0.15) is 181 Å². The van der Waals surface area contributed by atoms with Crippen molar-refractivity contribution in [2.24, 2.45) is 5.41 Å². The van der Waals surface area contributed by atoms with Crippen molar-refractivity contribution in [3.05, 3.63) is 0 Å². The van der Waals surface area contributed by atoms with Gasteiger partial charge in [0.2, 0.25) is 0 Å². The van der Waals surface area contributed by atoms with Crippen LogP contribution in [0.4, 0.5) is 0 Å². The molecule has 0 fully saturated rings. The molecule has 0 saturated carbocycles. The Labute approximate surface area is 371 Å². The zero-order valence-electron chi connectivity index (χ0n) is 34.9. The molecule has 14 heteroatoms. The molecule has 308 valence electrons. The molecule has 0 bridgehead atoms. The Hall–Kier alpha value is 1.66. The predicted molar refractivity (Wildman–Crippen MR) is 206 cm³/mol. The summed E-state index contributed by atoms with van der Waals surface area (Å²) in [6.07, 6.45) is 30.4. The molecule has 0 aromatic carbocycles. The van der Waals surface area contributed by atoms with E-state index in [0.29, 0.717) is 26.4 Å². The van der Waals surface area contributed by atoms with Crippen LogP contribution >= 0.6 is 0 Å². The smallest absolute Gasteiger partial charge is 0.748 e. The minimum absolute atomic E-state index is 0. The molecule has 0 saturated heterocycles. The Balaban J connectivity index is -0.0000125. The molecule has 10 nitrogen and oxygen atoms in total. The van der Waals surface area contributed by atoms with Gasteiger partial charge in [-0.15, -0.1) is 0 Å². The van der Waals surface area contributed by atoms with Crippen molar-refractivity contribution in [1.82, 2.24) is 0 Å². The fourth-order valence-corrected chi connectivity index (χ4v) is 7.11. The molecule has 0 heterocycles. The van der Waals surface area contributed by atoms with E-state index in [2.05, 4.69) is 13.8 Å². The average Bonchev–Trinajstić information content (AvgIpc) is 3.07. The molecule has 0 aromatic heterocycles. The molecular weight excluding hydrogens is 739 g/mol. The van der Waals surface area contributed by atoms with Gasteiger partial charge in [0.25, 0.3) is 0 Å². The molecule has 0 amide bonds. The van der Waals surface area contributed by atoms with Gasteiger partial charge >= 0.3 is 59.1 Å². The standard InChI is InChI=1S/C39H80O10S2.2Na/c1-3-5-7-9-11-13-15-17-19-21-23-25-29-46-35-39(37-48-31-27-33-50(40,41)42,38-49-32-28-34-51(43,44)45)36-47-30-26-24-22-20-18-16-14-12-10-8-6-4-2;;/h3-38H2,1-2H3,(H,40,41,42)(H,43,44,45);;/q;2*+1/p-2. The van der Waals surface area contributed by atoms with Crippen molar-refractivity contribution in [3.8, 4) is 0 Å². The summed E-state index contributed by atoms with van der Waals surface area (Å²) in [6, 6.07) is 0. The van der Waals surface area contributed by atoms with Gasteiger partial charge in [0.1, 0.15) is 0 Å². The van der Waals surface area contributed by atoms with Gasteiger partial charge in [0.05, 0.1) is 52.1 Å². The summed E-state index contributed by atoms with van der Waals surface area (Å²) in [5, 5.41) is 0. The van der Waals surface area contributed by atoms with Crippen molar-refractivity contribution in [3.63, 3.8) is 0 Å². The summed E-state index contributed by atoms with van der Waals surface area (Å²) in [5.41, 5.74) is -0.707. The van der Waals surface area contributed by atoms with Crippen LogP contribution in [-0.2, 0) is 39.2 Å². The number of ether oxygens (including phenoxy) is 4. The van der Waals surface area contributed by atoms with Gasteiger partial charge in [0.15, 0.2) is 0 Å². The van der Waals surface area contributed by atoms with Gasteiger partial charge in [-0.05, 0) is 25.7 Å². The van der Waals surface area contributed by atoms with E-state index in [1.807, 2.05) is 0 Å². The SMILES string of the molecule is CCCCCCCCCCCCCCOCC(COCCCCCCCCCCCCCC)(COCCCS(=O)(=O)[O-])COCCCS(=O)(=O)[O-].[Na+].[Na+]. The number of hydrogen-bond acceptors (Lipinski definition) is 10. The maximum Gasteiger partial charge on any atom is 1.00 e. The molecule has 0 N–H and O–H groups in total. The van der Waals surface area contributed by atoms with E-state index in [0.717, 1.165) is 25.7 Å². The predicted octanol–water partition coefficient (Wildman–Crippen LogP) is 3.32. The Bertz CT molecular complexity index is 880. The first-order chi connectivity index (χ1) is 24.5. The van der Waals surface area contributed by atoms with Gasteiger partial charge in [-0.2, -0.15) is 0 Å². The monoisotopic (exact) mass is 816 g/mol. The second-order valence-electron chi connectivity index (χ2n) is 14.7. The van der Waals surface area contributed by atoms with E-state index in [1.165, 1.54) is 128 Å². The summed E-state index contributed by atoms with van der Waals surface area (Å²) in [6.45, 7) is 6.78. The zero-order valence-corrected chi connectivity index (χ0v) is 40.5. The zero-order chi connectivity index (χ0) is 37.8. The van der Waals surface area contributed by atoms with E-state index < -0.39 is 37.2 Å². The minimum atomic E-state index is -4.33. The summed E-state index contributed by atoms with van der Waals surface area (Å²) >= 11 is 0. The third kappa shape index (κ3) is 46.2. The van der Waals surface area contributed by atoms with Crippen LogP contribution < -0.4 is 59.1 Å². The molecule has 0 aliphatic carbocycles. The topological polar surface area (TPSA) is 151 Å². The van der Waals surface area contributed by atoms with Crippen LogP contribution in [0.15, 0.2) is 0 Å². The van der Waals surface area contributed by atoms with Crippen molar-refractivity contribution in [1.29, 1.82) is 0 Å². The van der Waals surface area contributed by atoms with Crippen molar-refractivity contribution < 1.29 is 104 Å². The summed E-state index contributed by atoms with van der Waals surface area (Å²) in [7, 11) is -8.65. The van der Waals surface area contributed by atoms with Crippen LogP contribution in [-0.4, -0.2) is 90.3 Å². The summed E-state index contributed by atoms with van der Waals surface area (Å²) in [4.78, 5) is 0.